The molecule has 1 fully saturated rings. The van der Waals surface area contributed by atoms with Crippen LogP contribution in [0.3, 0.4) is 0 Å². The Labute approximate surface area is 145 Å². The predicted molar refractivity (Wildman–Crippen MR) is 91.7 cm³/mol. The molecule has 3 rings (SSSR count). The largest absolute Gasteiger partial charge is 0.343 e. The van der Waals surface area contributed by atoms with Crippen molar-refractivity contribution >= 4 is 23.4 Å². The molecule has 0 aliphatic carbocycles. The van der Waals surface area contributed by atoms with Crippen LogP contribution >= 0.6 is 11.6 Å². The fourth-order valence-corrected chi connectivity index (χ4v) is 3.17. The summed E-state index contributed by atoms with van der Waals surface area (Å²) in [5.74, 6) is -0.453. The Bertz CT molecular complexity index is 736. The molecule has 0 radical (unpaired) electrons. The smallest absolute Gasteiger partial charge is 0.253 e. The van der Waals surface area contributed by atoms with Gasteiger partial charge in [0.2, 0.25) is 5.91 Å². The summed E-state index contributed by atoms with van der Waals surface area (Å²) < 4.78 is 0. The van der Waals surface area contributed by atoms with Crippen molar-refractivity contribution in [1.82, 2.24) is 15.2 Å². The molecule has 0 unspecified atom stereocenters. The normalized spacial score (nSPS) is 16.9. The molecule has 0 bridgehead atoms. The standard InChI is InChI=1S/C18H18ClN3O2/c19-14-7-2-1-6-13(14)18(24)21-12-17(23)22-11-5-9-16(22)15-8-3-4-10-20-15/h1-4,6-8,10,16H,5,9,11-12H2,(H,21,24)/t16-/m0/s1. The van der Waals surface area contributed by atoms with E-state index in [2.05, 4.69) is 10.3 Å². The lowest BCUT2D eigenvalue weighted by atomic mass is 10.1. The van der Waals surface area contributed by atoms with Crippen molar-refractivity contribution in [3.05, 3.63) is 64.9 Å². The molecule has 0 saturated carbocycles. The van der Waals surface area contributed by atoms with Crippen molar-refractivity contribution < 1.29 is 9.59 Å². The van der Waals surface area contributed by atoms with Gasteiger partial charge >= 0.3 is 0 Å². The molecule has 1 aromatic heterocycles. The number of carbonyl (C=O) groups is 2. The number of likely N-dealkylation sites (tertiary alicyclic amines) is 1. The van der Waals surface area contributed by atoms with Gasteiger partial charge in [-0.3, -0.25) is 14.6 Å². The van der Waals surface area contributed by atoms with Crippen LogP contribution in [0.5, 0.6) is 0 Å². The molecule has 1 atom stereocenters. The highest BCUT2D eigenvalue weighted by molar-refractivity contribution is 6.33. The Hall–Kier alpha value is -2.40. The van der Waals surface area contributed by atoms with Crippen LogP contribution in [-0.4, -0.2) is 34.8 Å². The van der Waals surface area contributed by atoms with Crippen molar-refractivity contribution in [3.63, 3.8) is 0 Å². The first-order chi connectivity index (χ1) is 11.7. The Morgan fingerprint density at radius 1 is 1.21 bits per heavy atom. The minimum atomic E-state index is -0.345. The fourth-order valence-electron chi connectivity index (χ4n) is 2.94. The monoisotopic (exact) mass is 343 g/mol. The number of pyridine rings is 1. The molecular weight excluding hydrogens is 326 g/mol. The maximum absolute atomic E-state index is 12.5. The summed E-state index contributed by atoms with van der Waals surface area (Å²) in [7, 11) is 0. The van der Waals surface area contributed by atoms with E-state index in [9.17, 15) is 9.59 Å². The summed E-state index contributed by atoms with van der Waals surface area (Å²) in [5.41, 5.74) is 1.26. The summed E-state index contributed by atoms with van der Waals surface area (Å²) in [4.78, 5) is 30.8. The number of carbonyl (C=O) groups excluding carboxylic acids is 2. The van der Waals surface area contributed by atoms with Crippen molar-refractivity contribution in [2.75, 3.05) is 13.1 Å². The maximum atomic E-state index is 12.5. The van der Waals surface area contributed by atoms with Crippen LogP contribution in [-0.2, 0) is 4.79 Å². The van der Waals surface area contributed by atoms with Crippen molar-refractivity contribution in [2.24, 2.45) is 0 Å². The number of hydrogen-bond acceptors (Lipinski definition) is 3. The highest BCUT2D eigenvalue weighted by Crippen LogP contribution is 2.30. The number of rotatable bonds is 4. The van der Waals surface area contributed by atoms with Gasteiger partial charge in [-0.1, -0.05) is 29.8 Å². The number of amides is 2. The number of hydrogen-bond donors (Lipinski definition) is 1. The Kier molecular flexibility index (Phi) is 5.11. The van der Waals surface area contributed by atoms with Gasteiger partial charge in [0.1, 0.15) is 0 Å². The minimum Gasteiger partial charge on any atom is -0.343 e. The number of nitrogens with zero attached hydrogens (tertiary/aromatic N) is 2. The molecular formula is C18H18ClN3O2. The van der Waals surface area contributed by atoms with E-state index in [1.807, 2.05) is 18.2 Å². The highest BCUT2D eigenvalue weighted by Gasteiger charge is 2.30. The maximum Gasteiger partial charge on any atom is 0.253 e. The summed E-state index contributed by atoms with van der Waals surface area (Å²) >= 11 is 6.00. The van der Waals surface area contributed by atoms with Gasteiger partial charge in [-0.2, -0.15) is 0 Å². The molecule has 1 saturated heterocycles. The van der Waals surface area contributed by atoms with E-state index < -0.39 is 0 Å². The SMILES string of the molecule is O=C(NCC(=O)N1CCC[C@H]1c1ccccn1)c1ccccc1Cl. The quantitative estimate of drug-likeness (QED) is 0.928. The van der Waals surface area contributed by atoms with Gasteiger partial charge in [0, 0.05) is 12.7 Å². The van der Waals surface area contributed by atoms with Gasteiger partial charge < -0.3 is 10.2 Å². The molecule has 1 aliphatic rings. The van der Waals surface area contributed by atoms with Crippen LogP contribution in [0.25, 0.3) is 0 Å². The first-order valence-electron chi connectivity index (χ1n) is 7.90. The second-order valence-electron chi connectivity index (χ2n) is 5.66. The first kappa shape index (κ1) is 16.5. The molecule has 2 aromatic rings. The lowest BCUT2D eigenvalue weighted by molar-refractivity contribution is -0.131. The molecule has 2 amide bonds. The molecule has 0 spiro atoms. The van der Waals surface area contributed by atoms with E-state index in [-0.39, 0.29) is 24.4 Å². The van der Waals surface area contributed by atoms with Gasteiger partial charge in [0.05, 0.1) is 28.9 Å². The zero-order chi connectivity index (χ0) is 16.9. The van der Waals surface area contributed by atoms with Gasteiger partial charge in [-0.25, -0.2) is 0 Å². The molecule has 24 heavy (non-hydrogen) atoms. The number of benzene rings is 1. The van der Waals surface area contributed by atoms with E-state index in [4.69, 9.17) is 11.6 Å². The summed E-state index contributed by atoms with van der Waals surface area (Å²) in [6.07, 6.45) is 3.56. The predicted octanol–water partition coefficient (Wildman–Crippen LogP) is 2.83. The molecule has 5 nitrogen and oxygen atoms in total. The second-order valence-corrected chi connectivity index (χ2v) is 6.07. The third-order valence-corrected chi connectivity index (χ3v) is 4.45. The first-order valence-corrected chi connectivity index (χ1v) is 8.28. The van der Waals surface area contributed by atoms with Gasteiger partial charge in [0.15, 0.2) is 0 Å². The highest BCUT2D eigenvalue weighted by atomic mass is 35.5. The summed E-state index contributed by atoms with van der Waals surface area (Å²) in [6, 6.07) is 12.5. The number of aromatic nitrogens is 1. The summed E-state index contributed by atoms with van der Waals surface area (Å²) in [6.45, 7) is 0.634. The lowest BCUT2D eigenvalue weighted by Crippen LogP contribution is -2.40. The zero-order valence-electron chi connectivity index (χ0n) is 13.1. The molecule has 6 heteroatoms. The third kappa shape index (κ3) is 3.57. The fraction of sp³-hybridized carbons (Fsp3) is 0.278. The number of halogens is 1. The van der Waals surface area contributed by atoms with E-state index in [1.165, 1.54) is 0 Å². The van der Waals surface area contributed by atoms with Crippen LogP contribution in [0.15, 0.2) is 48.7 Å². The van der Waals surface area contributed by atoms with Gasteiger partial charge in [0.25, 0.3) is 5.91 Å². The van der Waals surface area contributed by atoms with Crippen LogP contribution < -0.4 is 5.32 Å². The van der Waals surface area contributed by atoms with Crippen molar-refractivity contribution in [1.29, 1.82) is 0 Å². The van der Waals surface area contributed by atoms with E-state index >= 15 is 0 Å². The van der Waals surface area contributed by atoms with Crippen molar-refractivity contribution in [3.8, 4) is 0 Å². The van der Waals surface area contributed by atoms with Gasteiger partial charge in [-0.15, -0.1) is 0 Å². The second kappa shape index (κ2) is 7.45. The number of nitrogens with one attached hydrogen (secondary N) is 1. The van der Waals surface area contributed by atoms with Crippen LogP contribution in [0.2, 0.25) is 5.02 Å². The van der Waals surface area contributed by atoms with Crippen molar-refractivity contribution in [2.45, 2.75) is 18.9 Å². The zero-order valence-corrected chi connectivity index (χ0v) is 13.9. The molecule has 1 N–H and O–H groups in total. The molecule has 2 heterocycles. The Morgan fingerprint density at radius 2 is 2.00 bits per heavy atom. The van der Waals surface area contributed by atoms with E-state index in [1.54, 1.807) is 35.4 Å². The molecule has 1 aliphatic heterocycles. The van der Waals surface area contributed by atoms with E-state index in [0.29, 0.717) is 17.1 Å². The Balaban J connectivity index is 1.62. The molecule has 124 valence electrons. The third-order valence-electron chi connectivity index (χ3n) is 4.12. The lowest BCUT2D eigenvalue weighted by Gasteiger charge is -2.24. The average Bonchev–Trinajstić information content (AvgIpc) is 3.10. The van der Waals surface area contributed by atoms with Crippen LogP contribution in [0.1, 0.15) is 34.9 Å². The van der Waals surface area contributed by atoms with Gasteiger partial charge in [-0.05, 0) is 37.1 Å². The average molecular weight is 344 g/mol. The van der Waals surface area contributed by atoms with Crippen LogP contribution in [0, 0.1) is 0 Å². The van der Waals surface area contributed by atoms with E-state index in [0.717, 1.165) is 18.5 Å². The molecule has 1 aromatic carbocycles. The summed E-state index contributed by atoms with van der Waals surface area (Å²) in [5, 5.41) is 3.02. The van der Waals surface area contributed by atoms with Crippen LogP contribution in [0.4, 0.5) is 0 Å². The minimum absolute atomic E-state index is 0.0177. The Morgan fingerprint density at radius 3 is 2.75 bits per heavy atom. The topological polar surface area (TPSA) is 62.3 Å².